The number of hydrogen-bond donors (Lipinski definition) is 2. The molecule has 1 rings (SSSR count). The van der Waals surface area contributed by atoms with E-state index in [0.717, 1.165) is 0 Å². The summed E-state index contributed by atoms with van der Waals surface area (Å²) in [6, 6.07) is 1.78. The van der Waals surface area contributed by atoms with E-state index < -0.39 is 23.2 Å². The molecule has 0 saturated carbocycles. The summed E-state index contributed by atoms with van der Waals surface area (Å²) in [5.74, 6) is -1.50. The van der Waals surface area contributed by atoms with Crippen molar-refractivity contribution >= 4 is 17.6 Å². The van der Waals surface area contributed by atoms with Gasteiger partial charge in [-0.15, -0.1) is 0 Å². The largest absolute Gasteiger partial charge is 0.481 e. The highest BCUT2D eigenvalue weighted by molar-refractivity contribution is 6.31. The molecule has 17 heavy (non-hydrogen) atoms. The van der Waals surface area contributed by atoms with Crippen molar-refractivity contribution < 1.29 is 14.3 Å². The second-order valence-electron chi connectivity index (χ2n) is 4.63. The predicted octanol–water partition coefficient (Wildman–Crippen LogP) is 2.90. The maximum atomic E-state index is 13.4. The Labute approximate surface area is 104 Å². The minimum atomic E-state index is -1.22. The van der Waals surface area contributed by atoms with Crippen LogP contribution < -0.4 is 5.73 Å². The fourth-order valence-electron chi connectivity index (χ4n) is 1.42. The highest BCUT2D eigenvalue weighted by Gasteiger charge is 2.36. The molecule has 3 N–H and O–H groups in total. The van der Waals surface area contributed by atoms with Crippen molar-refractivity contribution in [2.45, 2.75) is 26.8 Å². The van der Waals surface area contributed by atoms with E-state index >= 15 is 0 Å². The first kappa shape index (κ1) is 13.9. The number of carboxylic acid groups (broad SMARTS) is 1. The van der Waals surface area contributed by atoms with Gasteiger partial charge >= 0.3 is 5.97 Å². The first-order valence-electron chi connectivity index (χ1n) is 5.12. The number of nitrogens with two attached hydrogens (primary N) is 1. The molecule has 0 fully saturated rings. The monoisotopic (exact) mass is 259 g/mol. The Morgan fingerprint density at radius 3 is 2.53 bits per heavy atom. The van der Waals surface area contributed by atoms with Crippen LogP contribution in [-0.2, 0) is 4.79 Å². The standard InChI is InChI=1S/C12H15ClFNO2/c1-6-4-8(13)7(5-9(6)14)10(15)12(2,3)11(16)17/h4-5,10H,15H2,1-3H3,(H,16,17). The number of carboxylic acids is 1. The Hall–Kier alpha value is -1.13. The summed E-state index contributed by atoms with van der Waals surface area (Å²) < 4.78 is 13.4. The number of aliphatic carboxylic acids is 1. The van der Waals surface area contributed by atoms with Crippen molar-refractivity contribution in [2.24, 2.45) is 11.1 Å². The van der Waals surface area contributed by atoms with Crippen LogP contribution in [0.5, 0.6) is 0 Å². The summed E-state index contributed by atoms with van der Waals surface area (Å²) in [5, 5.41) is 9.35. The normalized spacial score (nSPS) is 13.5. The van der Waals surface area contributed by atoms with E-state index in [0.29, 0.717) is 11.1 Å². The van der Waals surface area contributed by atoms with Crippen LogP contribution in [0.15, 0.2) is 12.1 Å². The van der Waals surface area contributed by atoms with Gasteiger partial charge in [0.2, 0.25) is 0 Å². The summed E-state index contributed by atoms with van der Waals surface area (Å²) in [5.41, 5.74) is 5.35. The predicted molar refractivity (Wildman–Crippen MR) is 64.5 cm³/mol. The van der Waals surface area contributed by atoms with Crippen LogP contribution in [0.3, 0.4) is 0 Å². The fourth-order valence-corrected chi connectivity index (χ4v) is 1.76. The zero-order valence-corrected chi connectivity index (χ0v) is 10.7. The summed E-state index contributed by atoms with van der Waals surface area (Å²) in [6.45, 7) is 4.54. The summed E-state index contributed by atoms with van der Waals surface area (Å²) >= 11 is 5.97. The Morgan fingerprint density at radius 1 is 1.53 bits per heavy atom. The van der Waals surface area contributed by atoms with Gasteiger partial charge in [-0.3, -0.25) is 4.79 Å². The van der Waals surface area contributed by atoms with E-state index in [1.54, 1.807) is 6.92 Å². The van der Waals surface area contributed by atoms with Crippen LogP contribution in [-0.4, -0.2) is 11.1 Å². The molecular weight excluding hydrogens is 245 g/mol. The molecule has 1 aromatic carbocycles. The number of aryl methyl sites for hydroxylation is 1. The van der Waals surface area contributed by atoms with Gasteiger partial charge in [-0.25, -0.2) is 4.39 Å². The molecule has 0 spiro atoms. The zero-order valence-electron chi connectivity index (χ0n) is 9.92. The first-order valence-corrected chi connectivity index (χ1v) is 5.50. The minimum absolute atomic E-state index is 0.283. The van der Waals surface area contributed by atoms with Crippen molar-refractivity contribution in [2.75, 3.05) is 0 Å². The maximum Gasteiger partial charge on any atom is 0.311 e. The van der Waals surface area contributed by atoms with Gasteiger partial charge < -0.3 is 10.8 Å². The Kier molecular flexibility index (Phi) is 3.79. The number of carbonyl (C=O) groups is 1. The quantitative estimate of drug-likeness (QED) is 0.877. The first-order chi connectivity index (χ1) is 7.67. The van der Waals surface area contributed by atoms with Crippen molar-refractivity contribution in [3.05, 3.63) is 34.1 Å². The molecule has 1 aromatic rings. The highest BCUT2D eigenvalue weighted by atomic mass is 35.5. The Bertz CT molecular complexity index is 460. The average Bonchev–Trinajstić information content (AvgIpc) is 2.22. The third-order valence-corrected chi connectivity index (χ3v) is 3.27. The molecule has 0 aliphatic carbocycles. The molecule has 3 nitrogen and oxygen atoms in total. The van der Waals surface area contributed by atoms with Crippen LogP contribution >= 0.6 is 11.6 Å². The lowest BCUT2D eigenvalue weighted by molar-refractivity contribution is -0.148. The van der Waals surface area contributed by atoms with Gasteiger partial charge in [0.25, 0.3) is 0 Å². The minimum Gasteiger partial charge on any atom is -0.481 e. The molecule has 0 radical (unpaired) electrons. The molecule has 0 aliphatic rings. The molecule has 0 heterocycles. The molecule has 0 saturated heterocycles. The zero-order chi connectivity index (χ0) is 13.4. The lowest BCUT2D eigenvalue weighted by Crippen LogP contribution is -2.36. The topological polar surface area (TPSA) is 63.3 Å². The SMILES string of the molecule is Cc1cc(Cl)c(C(N)C(C)(C)C(=O)O)cc1F. The summed E-state index contributed by atoms with van der Waals surface area (Å²) in [4.78, 5) is 11.1. The lowest BCUT2D eigenvalue weighted by Gasteiger charge is -2.28. The Balaban J connectivity index is 3.26. The van der Waals surface area contributed by atoms with E-state index in [4.69, 9.17) is 22.4 Å². The molecule has 0 aromatic heterocycles. The molecule has 1 atom stereocenters. The van der Waals surface area contributed by atoms with Crippen molar-refractivity contribution in [3.63, 3.8) is 0 Å². The third-order valence-electron chi connectivity index (χ3n) is 2.94. The second kappa shape index (κ2) is 4.63. The van der Waals surface area contributed by atoms with Crippen LogP contribution in [0.4, 0.5) is 4.39 Å². The third kappa shape index (κ3) is 2.58. The van der Waals surface area contributed by atoms with Gasteiger partial charge in [-0.05, 0) is 44.0 Å². The van der Waals surface area contributed by atoms with E-state index in [1.165, 1.54) is 26.0 Å². The van der Waals surface area contributed by atoms with Gasteiger partial charge in [-0.1, -0.05) is 11.6 Å². The van der Waals surface area contributed by atoms with Gasteiger partial charge in [0.15, 0.2) is 0 Å². The van der Waals surface area contributed by atoms with Gasteiger partial charge in [0, 0.05) is 11.1 Å². The summed E-state index contributed by atoms with van der Waals surface area (Å²) in [6.07, 6.45) is 0. The molecule has 1 unspecified atom stereocenters. The maximum absolute atomic E-state index is 13.4. The van der Waals surface area contributed by atoms with Crippen molar-refractivity contribution in [1.29, 1.82) is 0 Å². The smallest absolute Gasteiger partial charge is 0.311 e. The number of rotatable bonds is 3. The van der Waals surface area contributed by atoms with Gasteiger partial charge in [0.1, 0.15) is 5.82 Å². The van der Waals surface area contributed by atoms with E-state index in [1.807, 2.05) is 0 Å². The van der Waals surface area contributed by atoms with Crippen LogP contribution in [0.1, 0.15) is 31.0 Å². The molecule has 0 bridgehead atoms. The number of hydrogen-bond acceptors (Lipinski definition) is 2. The molecule has 0 amide bonds. The van der Waals surface area contributed by atoms with Crippen molar-refractivity contribution in [3.8, 4) is 0 Å². The fraction of sp³-hybridized carbons (Fsp3) is 0.417. The highest BCUT2D eigenvalue weighted by Crippen LogP contribution is 2.36. The van der Waals surface area contributed by atoms with Crippen LogP contribution in [0.25, 0.3) is 0 Å². The van der Waals surface area contributed by atoms with Crippen LogP contribution in [0, 0.1) is 18.2 Å². The Morgan fingerprint density at radius 2 is 2.06 bits per heavy atom. The van der Waals surface area contributed by atoms with Gasteiger partial charge in [-0.2, -0.15) is 0 Å². The van der Waals surface area contributed by atoms with Gasteiger partial charge in [0.05, 0.1) is 5.41 Å². The molecule has 0 aliphatic heterocycles. The van der Waals surface area contributed by atoms with E-state index in [-0.39, 0.29) is 5.02 Å². The molecule has 5 heteroatoms. The number of benzene rings is 1. The molecular formula is C12H15ClFNO2. The van der Waals surface area contributed by atoms with Crippen LogP contribution in [0.2, 0.25) is 5.02 Å². The van der Waals surface area contributed by atoms with E-state index in [2.05, 4.69) is 0 Å². The number of halogens is 2. The lowest BCUT2D eigenvalue weighted by atomic mass is 9.81. The van der Waals surface area contributed by atoms with E-state index in [9.17, 15) is 9.18 Å². The second-order valence-corrected chi connectivity index (χ2v) is 5.03. The average molecular weight is 260 g/mol. The molecule has 94 valence electrons. The van der Waals surface area contributed by atoms with Crippen molar-refractivity contribution in [1.82, 2.24) is 0 Å². The summed E-state index contributed by atoms with van der Waals surface area (Å²) in [7, 11) is 0.